The van der Waals surface area contributed by atoms with Crippen LogP contribution in [0.15, 0.2) is 36.5 Å². The van der Waals surface area contributed by atoms with E-state index in [0.29, 0.717) is 0 Å². The number of carbonyl (C=O) groups excluding carboxylic acids is 1. The normalized spacial score (nSPS) is 12.1. The van der Waals surface area contributed by atoms with Gasteiger partial charge in [-0.25, -0.2) is 0 Å². The van der Waals surface area contributed by atoms with Gasteiger partial charge in [-0.15, -0.1) is 0 Å². The van der Waals surface area contributed by atoms with Crippen LogP contribution in [0.1, 0.15) is 52.4 Å². The second-order valence-corrected chi connectivity index (χ2v) is 3.99. The molecule has 1 nitrogen and oxygen atoms in total. The van der Waals surface area contributed by atoms with Gasteiger partial charge in [0.25, 0.3) is 0 Å². The minimum atomic E-state index is 0.0875. The van der Waals surface area contributed by atoms with E-state index in [1.165, 1.54) is 32.1 Å². The lowest BCUT2D eigenvalue weighted by atomic mass is 10.1. The third-order valence-electron chi connectivity index (χ3n) is 2.27. The number of hydrogen-bond acceptors (Lipinski definition) is 1. The van der Waals surface area contributed by atoms with Crippen molar-refractivity contribution in [3.05, 3.63) is 36.5 Å². The lowest BCUT2D eigenvalue weighted by molar-refractivity contribution is -0.112. The van der Waals surface area contributed by atoms with Gasteiger partial charge in [0.15, 0.2) is 5.78 Å². The summed E-state index contributed by atoms with van der Waals surface area (Å²) in [7, 11) is 0. The summed E-state index contributed by atoms with van der Waals surface area (Å²) in [5.41, 5.74) is 0. The van der Waals surface area contributed by atoms with Crippen molar-refractivity contribution in [2.24, 2.45) is 0 Å². The van der Waals surface area contributed by atoms with Gasteiger partial charge in [-0.2, -0.15) is 0 Å². The van der Waals surface area contributed by atoms with Crippen LogP contribution in [-0.4, -0.2) is 5.78 Å². The summed E-state index contributed by atoms with van der Waals surface area (Å²) in [5.74, 6) is 0.0875. The predicted octanol–water partition coefficient (Wildman–Crippen LogP) is 4.60. The zero-order valence-corrected chi connectivity index (χ0v) is 10.6. The first kappa shape index (κ1) is 14.9. The first-order chi connectivity index (χ1) is 7.77. The molecule has 0 N–H and O–H groups in total. The van der Waals surface area contributed by atoms with E-state index in [-0.39, 0.29) is 5.78 Å². The molecule has 90 valence electrons. The Kier molecular flexibility index (Phi) is 11.1. The summed E-state index contributed by atoms with van der Waals surface area (Å²) in [6, 6.07) is 0. The minimum Gasteiger partial charge on any atom is -0.295 e. The molecule has 0 atom stereocenters. The average molecular weight is 220 g/mol. The Morgan fingerprint density at radius 2 is 1.62 bits per heavy atom. The molecule has 0 aliphatic rings. The lowest BCUT2D eigenvalue weighted by Gasteiger charge is -1.95. The van der Waals surface area contributed by atoms with Crippen LogP contribution in [0.5, 0.6) is 0 Å². The molecule has 1 heteroatoms. The van der Waals surface area contributed by atoms with Gasteiger partial charge in [0.1, 0.15) is 0 Å². The molecular weight excluding hydrogens is 196 g/mol. The standard InChI is InChI=1S/C15H24O/c1-3-4-5-6-7-8-9-10-11-12-13-14-15(2)16/h9-14H,3-8H2,1-2H3. The quantitative estimate of drug-likeness (QED) is 0.315. The van der Waals surface area contributed by atoms with E-state index in [2.05, 4.69) is 13.0 Å². The minimum absolute atomic E-state index is 0.0875. The summed E-state index contributed by atoms with van der Waals surface area (Å²) in [5, 5.41) is 0. The maximum atomic E-state index is 10.6. The van der Waals surface area contributed by atoms with Crippen molar-refractivity contribution in [2.45, 2.75) is 52.4 Å². The molecule has 0 unspecified atom stereocenters. The highest BCUT2D eigenvalue weighted by Crippen LogP contribution is 2.05. The highest BCUT2D eigenvalue weighted by atomic mass is 16.1. The number of unbranched alkanes of at least 4 members (excludes halogenated alkanes) is 5. The monoisotopic (exact) mass is 220 g/mol. The predicted molar refractivity (Wildman–Crippen MR) is 71.5 cm³/mol. The number of hydrogen-bond donors (Lipinski definition) is 0. The lowest BCUT2D eigenvalue weighted by Crippen LogP contribution is -1.77. The third kappa shape index (κ3) is 12.9. The molecule has 0 saturated carbocycles. The Labute approximate surface area is 99.9 Å². The molecule has 0 spiro atoms. The molecule has 0 radical (unpaired) electrons. The van der Waals surface area contributed by atoms with Crippen molar-refractivity contribution in [1.29, 1.82) is 0 Å². The molecule has 16 heavy (non-hydrogen) atoms. The van der Waals surface area contributed by atoms with Gasteiger partial charge in [0, 0.05) is 0 Å². The van der Waals surface area contributed by atoms with Gasteiger partial charge in [-0.3, -0.25) is 4.79 Å². The van der Waals surface area contributed by atoms with E-state index in [1.54, 1.807) is 19.1 Å². The van der Waals surface area contributed by atoms with Crippen LogP contribution in [0.2, 0.25) is 0 Å². The molecule has 0 heterocycles. The zero-order chi connectivity index (χ0) is 12.1. The maximum absolute atomic E-state index is 10.6. The van der Waals surface area contributed by atoms with Crippen LogP contribution in [0.3, 0.4) is 0 Å². The van der Waals surface area contributed by atoms with Crippen molar-refractivity contribution in [3.63, 3.8) is 0 Å². The van der Waals surface area contributed by atoms with Gasteiger partial charge >= 0.3 is 0 Å². The summed E-state index contributed by atoms with van der Waals surface area (Å²) in [4.78, 5) is 10.6. The molecule has 0 saturated heterocycles. The van der Waals surface area contributed by atoms with Gasteiger partial charge in [0.05, 0.1) is 0 Å². The molecule has 0 bridgehead atoms. The Hall–Kier alpha value is -1.11. The van der Waals surface area contributed by atoms with Gasteiger partial charge in [0.2, 0.25) is 0 Å². The first-order valence-corrected chi connectivity index (χ1v) is 6.27. The molecule has 0 amide bonds. The maximum Gasteiger partial charge on any atom is 0.152 e. The molecule has 0 aromatic heterocycles. The molecule has 0 aromatic rings. The molecular formula is C15H24O. The second-order valence-electron chi connectivity index (χ2n) is 3.99. The Morgan fingerprint density at radius 3 is 2.31 bits per heavy atom. The fourth-order valence-electron chi connectivity index (χ4n) is 1.36. The number of ketones is 1. The summed E-state index contributed by atoms with van der Waals surface area (Å²) >= 11 is 0. The van der Waals surface area contributed by atoms with Crippen molar-refractivity contribution in [1.82, 2.24) is 0 Å². The van der Waals surface area contributed by atoms with Crippen molar-refractivity contribution < 1.29 is 4.79 Å². The van der Waals surface area contributed by atoms with Crippen LogP contribution < -0.4 is 0 Å². The molecule has 0 rings (SSSR count). The topological polar surface area (TPSA) is 17.1 Å². The van der Waals surface area contributed by atoms with Crippen LogP contribution in [0.25, 0.3) is 0 Å². The summed E-state index contributed by atoms with van der Waals surface area (Å²) in [6.45, 7) is 3.79. The Balaban J connectivity index is 3.37. The fraction of sp³-hybridized carbons (Fsp3) is 0.533. The first-order valence-electron chi connectivity index (χ1n) is 6.27. The van der Waals surface area contributed by atoms with Gasteiger partial charge in [-0.05, 0) is 25.8 Å². The third-order valence-corrected chi connectivity index (χ3v) is 2.27. The summed E-state index contributed by atoms with van der Waals surface area (Å²) < 4.78 is 0. The van der Waals surface area contributed by atoms with Crippen LogP contribution in [0.4, 0.5) is 0 Å². The van der Waals surface area contributed by atoms with E-state index >= 15 is 0 Å². The summed E-state index contributed by atoms with van der Waals surface area (Å²) in [6.07, 6.45) is 19.2. The van der Waals surface area contributed by atoms with E-state index in [4.69, 9.17) is 0 Å². The smallest absolute Gasteiger partial charge is 0.152 e. The van der Waals surface area contributed by atoms with Crippen molar-refractivity contribution >= 4 is 5.78 Å². The van der Waals surface area contributed by atoms with E-state index < -0.39 is 0 Å². The highest BCUT2D eigenvalue weighted by Gasteiger charge is 1.85. The van der Waals surface area contributed by atoms with Crippen molar-refractivity contribution in [3.8, 4) is 0 Å². The SMILES string of the molecule is CCCCCCCC=CC=CC=CC(C)=O. The Bertz CT molecular complexity index is 246. The van der Waals surface area contributed by atoms with Gasteiger partial charge < -0.3 is 0 Å². The zero-order valence-electron chi connectivity index (χ0n) is 10.6. The molecule has 0 fully saturated rings. The molecule has 0 aliphatic heterocycles. The van der Waals surface area contributed by atoms with Crippen molar-refractivity contribution in [2.75, 3.05) is 0 Å². The average Bonchev–Trinajstić information content (AvgIpc) is 2.25. The van der Waals surface area contributed by atoms with Gasteiger partial charge in [-0.1, -0.05) is 63.0 Å². The van der Waals surface area contributed by atoms with E-state index in [0.717, 1.165) is 6.42 Å². The van der Waals surface area contributed by atoms with Crippen LogP contribution in [-0.2, 0) is 4.79 Å². The molecule has 0 aliphatic carbocycles. The van der Waals surface area contributed by atoms with Crippen LogP contribution in [0, 0.1) is 0 Å². The second kappa shape index (κ2) is 12.0. The Morgan fingerprint density at radius 1 is 0.938 bits per heavy atom. The molecule has 0 aromatic carbocycles. The largest absolute Gasteiger partial charge is 0.295 e. The number of rotatable bonds is 9. The van der Waals surface area contributed by atoms with Crippen LogP contribution >= 0.6 is 0 Å². The number of carbonyl (C=O) groups is 1. The van der Waals surface area contributed by atoms with E-state index in [1.807, 2.05) is 18.2 Å². The fourth-order valence-corrected chi connectivity index (χ4v) is 1.36. The number of allylic oxidation sites excluding steroid dienone is 6. The highest BCUT2D eigenvalue weighted by molar-refractivity contribution is 5.87. The van der Waals surface area contributed by atoms with E-state index in [9.17, 15) is 4.79 Å².